The van der Waals surface area contributed by atoms with Crippen LogP contribution in [0, 0.1) is 0 Å². The fraction of sp³-hybridized carbons (Fsp3) is 0.538. The minimum atomic E-state index is -0.171. The smallest absolute Gasteiger partial charge is 0.270 e. The lowest BCUT2D eigenvalue weighted by atomic mass is 10.3. The number of rotatable bonds is 5. The first kappa shape index (κ1) is 13.5. The molecule has 0 aliphatic heterocycles. The third kappa shape index (κ3) is 3.07. The second kappa shape index (κ2) is 5.34. The Labute approximate surface area is 112 Å². The van der Waals surface area contributed by atoms with Crippen LogP contribution in [0.4, 0.5) is 5.69 Å². The summed E-state index contributed by atoms with van der Waals surface area (Å²) in [6.45, 7) is 2.47. The number of amides is 2. The van der Waals surface area contributed by atoms with Crippen molar-refractivity contribution in [3.8, 4) is 0 Å². The van der Waals surface area contributed by atoms with E-state index < -0.39 is 0 Å². The molecule has 0 bridgehead atoms. The molecule has 0 aromatic carbocycles. The summed E-state index contributed by atoms with van der Waals surface area (Å²) in [4.78, 5) is 25.2. The summed E-state index contributed by atoms with van der Waals surface area (Å²) in [7, 11) is 1.62. The minimum absolute atomic E-state index is 0.0580. The molecule has 104 valence electrons. The van der Waals surface area contributed by atoms with Gasteiger partial charge in [-0.2, -0.15) is 0 Å². The largest absolute Gasteiger partial charge is 0.397 e. The average molecular weight is 264 g/mol. The summed E-state index contributed by atoms with van der Waals surface area (Å²) in [6, 6.07) is 2.06. The highest BCUT2D eigenvalue weighted by molar-refractivity contribution is 5.96. The predicted molar refractivity (Wildman–Crippen MR) is 72.8 cm³/mol. The van der Waals surface area contributed by atoms with Crippen molar-refractivity contribution in [3.05, 3.63) is 18.0 Å². The first-order chi connectivity index (χ1) is 9.02. The van der Waals surface area contributed by atoms with Gasteiger partial charge in [0.05, 0.1) is 12.2 Å². The van der Waals surface area contributed by atoms with Crippen LogP contribution < -0.4 is 11.1 Å². The molecule has 0 radical (unpaired) electrons. The summed E-state index contributed by atoms with van der Waals surface area (Å²) in [5.74, 6) is -0.328. The lowest BCUT2D eigenvalue weighted by Gasteiger charge is -2.17. The molecule has 1 saturated carbocycles. The third-order valence-corrected chi connectivity index (χ3v) is 3.13. The van der Waals surface area contributed by atoms with E-state index in [2.05, 4.69) is 5.32 Å². The van der Waals surface area contributed by atoms with Crippen molar-refractivity contribution in [2.24, 2.45) is 0 Å². The van der Waals surface area contributed by atoms with Crippen molar-refractivity contribution >= 4 is 17.5 Å². The highest BCUT2D eigenvalue weighted by Gasteiger charge is 2.29. The summed E-state index contributed by atoms with van der Waals surface area (Å²) in [6.07, 6.45) is 3.95. The quantitative estimate of drug-likeness (QED) is 0.817. The fourth-order valence-electron chi connectivity index (χ4n) is 2.06. The van der Waals surface area contributed by atoms with Crippen LogP contribution in [0.1, 0.15) is 36.3 Å². The van der Waals surface area contributed by atoms with Gasteiger partial charge in [0.25, 0.3) is 5.91 Å². The van der Waals surface area contributed by atoms with Crippen molar-refractivity contribution in [1.82, 2.24) is 14.8 Å². The van der Waals surface area contributed by atoms with Crippen LogP contribution in [0.2, 0.25) is 0 Å². The number of hydrogen-bond donors (Lipinski definition) is 2. The maximum atomic E-state index is 12.3. The molecule has 0 atom stereocenters. The van der Waals surface area contributed by atoms with Crippen molar-refractivity contribution in [1.29, 1.82) is 0 Å². The summed E-state index contributed by atoms with van der Waals surface area (Å²) in [5.41, 5.74) is 6.91. The third-order valence-electron chi connectivity index (χ3n) is 3.13. The molecule has 0 spiro atoms. The molecule has 6 nitrogen and oxygen atoms in total. The van der Waals surface area contributed by atoms with Gasteiger partial charge in [0.1, 0.15) is 5.69 Å². The van der Waals surface area contributed by atoms with Crippen molar-refractivity contribution in [2.45, 2.75) is 25.8 Å². The highest BCUT2D eigenvalue weighted by atomic mass is 16.2. The van der Waals surface area contributed by atoms with Gasteiger partial charge in [-0.15, -0.1) is 0 Å². The summed E-state index contributed by atoms with van der Waals surface area (Å²) < 4.78 is 1.92. The van der Waals surface area contributed by atoms with Crippen LogP contribution >= 0.6 is 0 Å². The number of carbonyl (C=O) groups is 2. The van der Waals surface area contributed by atoms with Gasteiger partial charge < -0.3 is 20.5 Å². The number of nitrogens with one attached hydrogen (secondary N) is 1. The number of anilines is 1. The van der Waals surface area contributed by atoms with Crippen LogP contribution in [0.3, 0.4) is 0 Å². The molecular formula is C13H20N4O2. The van der Waals surface area contributed by atoms with E-state index in [1.54, 1.807) is 19.3 Å². The van der Waals surface area contributed by atoms with Crippen LogP contribution in [0.25, 0.3) is 0 Å². The average Bonchev–Trinajstić information content (AvgIpc) is 3.12. The minimum Gasteiger partial charge on any atom is -0.397 e. The van der Waals surface area contributed by atoms with E-state index >= 15 is 0 Å². The molecular weight excluding hydrogens is 244 g/mol. The molecule has 19 heavy (non-hydrogen) atoms. The van der Waals surface area contributed by atoms with Gasteiger partial charge >= 0.3 is 0 Å². The fourth-order valence-corrected chi connectivity index (χ4v) is 2.06. The zero-order valence-corrected chi connectivity index (χ0v) is 11.3. The van der Waals surface area contributed by atoms with E-state index in [-0.39, 0.29) is 18.4 Å². The van der Waals surface area contributed by atoms with Gasteiger partial charge in [-0.1, -0.05) is 0 Å². The molecule has 1 aliphatic carbocycles. The molecule has 1 aliphatic rings. The van der Waals surface area contributed by atoms with Gasteiger partial charge in [-0.25, -0.2) is 0 Å². The molecule has 0 unspecified atom stereocenters. The molecule has 3 N–H and O–H groups in total. The maximum absolute atomic E-state index is 12.3. The first-order valence-corrected chi connectivity index (χ1v) is 6.52. The van der Waals surface area contributed by atoms with E-state index in [1.807, 2.05) is 11.5 Å². The molecule has 2 amide bonds. The number of nitrogen functional groups attached to an aromatic ring is 1. The normalized spacial score (nSPS) is 14.2. The molecule has 0 saturated heterocycles. The second-order valence-electron chi connectivity index (χ2n) is 4.91. The van der Waals surface area contributed by atoms with Crippen molar-refractivity contribution in [2.75, 3.05) is 25.9 Å². The Kier molecular flexibility index (Phi) is 3.78. The van der Waals surface area contributed by atoms with E-state index in [1.165, 1.54) is 4.90 Å². The second-order valence-corrected chi connectivity index (χ2v) is 4.91. The standard InChI is InChI=1S/C13H20N4O2/c1-3-15-12(18)8-16(2)13(19)11-6-9(14)7-17(11)10-4-5-10/h6-7,10H,3-5,8,14H2,1-2H3,(H,15,18). The van der Waals surface area contributed by atoms with Gasteiger partial charge in [-0.3, -0.25) is 9.59 Å². The number of nitrogens with two attached hydrogens (primary N) is 1. The molecule has 1 aromatic rings. The Morgan fingerprint density at radius 2 is 2.21 bits per heavy atom. The number of aromatic nitrogens is 1. The van der Waals surface area contributed by atoms with Crippen LogP contribution in [-0.4, -0.2) is 41.4 Å². The Morgan fingerprint density at radius 1 is 1.53 bits per heavy atom. The molecule has 1 fully saturated rings. The number of carbonyl (C=O) groups excluding carboxylic acids is 2. The van der Waals surface area contributed by atoms with E-state index in [0.29, 0.717) is 24.0 Å². The van der Waals surface area contributed by atoms with Crippen molar-refractivity contribution in [3.63, 3.8) is 0 Å². The zero-order chi connectivity index (χ0) is 14.0. The zero-order valence-electron chi connectivity index (χ0n) is 11.3. The first-order valence-electron chi connectivity index (χ1n) is 6.52. The number of nitrogens with zero attached hydrogens (tertiary/aromatic N) is 2. The van der Waals surface area contributed by atoms with Crippen LogP contribution in [-0.2, 0) is 4.79 Å². The Bertz CT molecular complexity index is 491. The Morgan fingerprint density at radius 3 is 2.79 bits per heavy atom. The van der Waals surface area contributed by atoms with Crippen LogP contribution in [0.15, 0.2) is 12.3 Å². The topological polar surface area (TPSA) is 80.4 Å². The number of likely N-dealkylation sites (N-methyl/N-ethyl adjacent to an activating group) is 2. The van der Waals surface area contributed by atoms with E-state index in [9.17, 15) is 9.59 Å². The summed E-state index contributed by atoms with van der Waals surface area (Å²) >= 11 is 0. The predicted octanol–water partition coefficient (Wildman–Crippen LogP) is 0.613. The van der Waals surface area contributed by atoms with E-state index in [4.69, 9.17) is 5.73 Å². The number of hydrogen-bond acceptors (Lipinski definition) is 3. The molecule has 6 heteroatoms. The maximum Gasteiger partial charge on any atom is 0.270 e. The molecule has 1 aromatic heterocycles. The molecule has 1 heterocycles. The SMILES string of the molecule is CCNC(=O)CN(C)C(=O)c1cc(N)cn1C1CC1. The summed E-state index contributed by atoms with van der Waals surface area (Å²) in [5, 5.41) is 2.67. The molecule has 2 rings (SSSR count). The van der Waals surface area contributed by atoms with Gasteiger partial charge in [0, 0.05) is 25.8 Å². The van der Waals surface area contributed by atoms with Crippen molar-refractivity contribution < 1.29 is 9.59 Å². The van der Waals surface area contributed by atoms with Gasteiger partial charge in [0.2, 0.25) is 5.91 Å². The lowest BCUT2D eigenvalue weighted by molar-refractivity contribution is -0.121. The highest BCUT2D eigenvalue weighted by Crippen LogP contribution is 2.37. The monoisotopic (exact) mass is 264 g/mol. The van der Waals surface area contributed by atoms with E-state index in [0.717, 1.165) is 12.8 Å². The van der Waals surface area contributed by atoms with Crippen LogP contribution in [0.5, 0.6) is 0 Å². The van der Waals surface area contributed by atoms with Gasteiger partial charge in [-0.05, 0) is 25.8 Å². The Hall–Kier alpha value is -1.98. The lowest BCUT2D eigenvalue weighted by Crippen LogP contribution is -2.38. The van der Waals surface area contributed by atoms with Gasteiger partial charge in [0.15, 0.2) is 0 Å². The Balaban J connectivity index is 2.08.